The van der Waals surface area contributed by atoms with Crippen LogP contribution in [0.5, 0.6) is 0 Å². The van der Waals surface area contributed by atoms with Crippen LogP contribution < -0.4 is 5.73 Å². The van der Waals surface area contributed by atoms with Crippen LogP contribution in [0.3, 0.4) is 0 Å². The second-order valence-corrected chi connectivity index (χ2v) is 7.27. The zero-order valence-corrected chi connectivity index (χ0v) is 12.5. The van der Waals surface area contributed by atoms with E-state index in [9.17, 15) is 0 Å². The van der Waals surface area contributed by atoms with Gasteiger partial charge in [0.25, 0.3) is 0 Å². The molecule has 1 aliphatic rings. The summed E-state index contributed by atoms with van der Waals surface area (Å²) in [7, 11) is 0. The Morgan fingerprint density at radius 2 is 2.00 bits per heavy atom. The van der Waals surface area contributed by atoms with Crippen LogP contribution in [-0.2, 0) is 12.8 Å². The van der Waals surface area contributed by atoms with Gasteiger partial charge in [-0.2, -0.15) is 0 Å². The molecule has 0 bridgehead atoms. The first-order valence-corrected chi connectivity index (χ1v) is 8.04. The largest absolute Gasteiger partial charge is 0.330 e. The summed E-state index contributed by atoms with van der Waals surface area (Å²) in [6.45, 7) is 5.30. The fourth-order valence-electron chi connectivity index (χ4n) is 2.48. The number of benzene rings is 1. The Hall–Kier alpha value is -0.470. The molecule has 0 radical (unpaired) electrons. The molecular weight excluding hydrogens is 238 g/mol. The standard InChI is InChI=1S/C16H25NS/c1-16(2,12-17)9-4-10-18-15-8-7-13-5-3-6-14(13)11-15/h7-8,11H,3-6,9-10,12,17H2,1-2H3. The molecule has 2 rings (SSSR count). The molecule has 2 heteroatoms. The Balaban J connectivity index is 1.77. The van der Waals surface area contributed by atoms with E-state index in [1.54, 1.807) is 11.1 Å². The summed E-state index contributed by atoms with van der Waals surface area (Å²) in [5.41, 5.74) is 9.22. The van der Waals surface area contributed by atoms with Crippen molar-refractivity contribution < 1.29 is 0 Å². The molecule has 0 fully saturated rings. The Morgan fingerprint density at radius 3 is 2.78 bits per heavy atom. The molecule has 18 heavy (non-hydrogen) atoms. The predicted octanol–water partition coefficient (Wildman–Crippen LogP) is 4.03. The average Bonchev–Trinajstić information content (AvgIpc) is 2.82. The number of aryl methyl sites for hydroxylation is 2. The highest BCUT2D eigenvalue weighted by atomic mass is 32.2. The molecule has 2 N–H and O–H groups in total. The molecule has 0 aromatic heterocycles. The monoisotopic (exact) mass is 263 g/mol. The van der Waals surface area contributed by atoms with Crippen molar-refractivity contribution in [1.29, 1.82) is 0 Å². The Kier molecular flexibility index (Phi) is 4.74. The first kappa shape index (κ1) is 14.0. The molecule has 0 heterocycles. The van der Waals surface area contributed by atoms with Crippen molar-refractivity contribution in [1.82, 2.24) is 0 Å². The Labute approximate surface area is 116 Å². The molecular formula is C16H25NS. The topological polar surface area (TPSA) is 26.0 Å². The minimum absolute atomic E-state index is 0.304. The Bertz CT molecular complexity index is 398. The highest BCUT2D eigenvalue weighted by molar-refractivity contribution is 7.99. The van der Waals surface area contributed by atoms with Gasteiger partial charge in [0, 0.05) is 4.90 Å². The SMILES string of the molecule is CC(C)(CN)CCCSc1ccc2c(c1)CCC2. The van der Waals surface area contributed by atoms with Gasteiger partial charge in [0.2, 0.25) is 0 Å². The number of rotatable bonds is 6. The summed E-state index contributed by atoms with van der Waals surface area (Å²) in [6.07, 6.45) is 6.39. The van der Waals surface area contributed by atoms with Gasteiger partial charge in [0.15, 0.2) is 0 Å². The maximum absolute atomic E-state index is 5.75. The van der Waals surface area contributed by atoms with Crippen molar-refractivity contribution >= 4 is 11.8 Å². The smallest absolute Gasteiger partial charge is 0.00748 e. The zero-order valence-electron chi connectivity index (χ0n) is 11.7. The molecule has 0 aliphatic heterocycles. The third kappa shape index (κ3) is 3.76. The molecule has 0 spiro atoms. The second-order valence-electron chi connectivity index (χ2n) is 6.10. The molecule has 0 saturated carbocycles. The summed E-state index contributed by atoms with van der Waals surface area (Å²) in [6, 6.07) is 7.03. The van der Waals surface area contributed by atoms with Crippen LogP contribution in [-0.4, -0.2) is 12.3 Å². The molecule has 100 valence electrons. The first-order chi connectivity index (χ1) is 8.61. The van der Waals surface area contributed by atoms with Crippen molar-refractivity contribution in [3.8, 4) is 0 Å². The van der Waals surface area contributed by atoms with E-state index in [2.05, 4.69) is 32.0 Å². The number of nitrogens with two attached hydrogens (primary N) is 1. The highest BCUT2D eigenvalue weighted by Crippen LogP contribution is 2.29. The van der Waals surface area contributed by atoms with E-state index in [1.165, 1.54) is 42.8 Å². The maximum atomic E-state index is 5.75. The lowest BCUT2D eigenvalue weighted by atomic mass is 9.88. The molecule has 0 unspecified atom stereocenters. The number of thioether (sulfide) groups is 1. The van der Waals surface area contributed by atoms with Crippen LogP contribution in [0.15, 0.2) is 23.1 Å². The lowest BCUT2D eigenvalue weighted by Crippen LogP contribution is -2.23. The normalized spacial score (nSPS) is 14.8. The van der Waals surface area contributed by atoms with Crippen molar-refractivity contribution in [2.75, 3.05) is 12.3 Å². The van der Waals surface area contributed by atoms with Crippen molar-refractivity contribution in [2.24, 2.45) is 11.1 Å². The minimum atomic E-state index is 0.304. The quantitative estimate of drug-likeness (QED) is 0.619. The van der Waals surface area contributed by atoms with Crippen LogP contribution in [0.25, 0.3) is 0 Å². The van der Waals surface area contributed by atoms with E-state index in [4.69, 9.17) is 5.73 Å². The van der Waals surface area contributed by atoms with E-state index in [0.29, 0.717) is 5.41 Å². The summed E-state index contributed by atoms with van der Waals surface area (Å²) < 4.78 is 0. The van der Waals surface area contributed by atoms with E-state index < -0.39 is 0 Å². The number of hydrogen-bond acceptors (Lipinski definition) is 2. The van der Waals surface area contributed by atoms with Gasteiger partial charge in [-0.25, -0.2) is 0 Å². The predicted molar refractivity (Wildman–Crippen MR) is 81.3 cm³/mol. The van der Waals surface area contributed by atoms with Gasteiger partial charge in [-0.3, -0.25) is 0 Å². The third-order valence-corrected chi connectivity index (χ3v) is 4.97. The van der Waals surface area contributed by atoms with Gasteiger partial charge >= 0.3 is 0 Å². The van der Waals surface area contributed by atoms with E-state index >= 15 is 0 Å². The van der Waals surface area contributed by atoms with Gasteiger partial charge in [0.05, 0.1) is 0 Å². The highest BCUT2D eigenvalue weighted by Gasteiger charge is 2.15. The molecule has 0 saturated heterocycles. The van der Waals surface area contributed by atoms with Gasteiger partial charge in [-0.1, -0.05) is 19.9 Å². The minimum Gasteiger partial charge on any atom is -0.330 e. The summed E-state index contributed by atoms with van der Waals surface area (Å²) in [5, 5.41) is 0. The lowest BCUT2D eigenvalue weighted by molar-refractivity contribution is 0.345. The summed E-state index contributed by atoms with van der Waals surface area (Å²) in [5.74, 6) is 1.21. The van der Waals surface area contributed by atoms with Gasteiger partial charge in [-0.05, 0) is 73.1 Å². The van der Waals surface area contributed by atoms with E-state index in [1.807, 2.05) is 11.8 Å². The summed E-state index contributed by atoms with van der Waals surface area (Å²) in [4.78, 5) is 1.45. The fraction of sp³-hybridized carbons (Fsp3) is 0.625. The number of fused-ring (bicyclic) bond motifs is 1. The molecule has 0 amide bonds. The van der Waals surface area contributed by atoms with Crippen LogP contribution in [0.4, 0.5) is 0 Å². The third-order valence-electron chi connectivity index (χ3n) is 3.89. The van der Waals surface area contributed by atoms with Crippen molar-refractivity contribution in [3.05, 3.63) is 29.3 Å². The van der Waals surface area contributed by atoms with E-state index in [0.717, 1.165) is 6.54 Å². The lowest BCUT2D eigenvalue weighted by Gasteiger charge is -2.21. The Morgan fingerprint density at radius 1 is 1.22 bits per heavy atom. The molecule has 1 aromatic carbocycles. The molecule has 1 aromatic rings. The van der Waals surface area contributed by atoms with E-state index in [-0.39, 0.29) is 0 Å². The molecule has 0 atom stereocenters. The molecule has 1 aliphatic carbocycles. The van der Waals surface area contributed by atoms with Gasteiger partial charge in [0.1, 0.15) is 0 Å². The number of hydrogen-bond donors (Lipinski definition) is 1. The molecule has 1 nitrogen and oxygen atoms in total. The van der Waals surface area contributed by atoms with Crippen molar-refractivity contribution in [3.63, 3.8) is 0 Å². The second kappa shape index (κ2) is 6.12. The van der Waals surface area contributed by atoms with Gasteiger partial charge < -0.3 is 5.73 Å². The van der Waals surface area contributed by atoms with Gasteiger partial charge in [-0.15, -0.1) is 11.8 Å². The zero-order chi connectivity index (χ0) is 13.0. The average molecular weight is 263 g/mol. The fourth-order valence-corrected chi connectivity index (χ4v) is 3.40. The van der Waals surface area contributed by atoms with Crippen LogP contribution >= 0.6 is 11.8 Å². The first-order valence-electron chi connectivity index (χ1n) is 7.05. The summed E-state index contributed by atoms with van der Waals surface area (Å²) >= 11 is 2.00. The van der Waals surface area contributed by atoms with Crippen molar-refractivity contribution in [2.45, 2.75) is 50.8 Å². The van der Waals surface area contributed by atoms with Crippen LogP contribution in [0.1, 0.15) is 44.2 Å². The van der Waals surface area contributed by atoms with Crippen LogP contribution in [0, 0.1) is 5.41 Å². The maximum Gasteiger partial charge on any atom is 0.00748 e. The van der Waals surface area contributed by atoms with Crippen LogP contribution in [0.2, 0.25) is 0 Å².